The van der Waals surface area contributed by atoms with Crippen molar-refractivity contribution in [1.29, 1.82) is 5.26 Å². The highest BCUT2D eigenvalue weighted by Gasteiger charge is 2.07. The second-order valence-corrected chi connectivity index (χ2v) is 6.43. The van der Waals surface area contributed by atoms with E-state index in [9.17, 15) is 4.79 Å². The Balaban J connectivity index is 1.54. The van der Waals surface area contributed by atoms with E-state index in [-0.39, 0.29) is 12.5 Å². The Labute approximate surface area is 155 Å². The Morgan fingerprint density at radius 3 is 2.73 bits per heavy atom. The van der Waals surface area contributed by atoms with Crippen LogP contribution < -0.4 is 10.1 Å². The second kappa shape index (κ2) is 8.23. The predicted molar refractivity (Wildman–Crippen MR) is 99.1 cm³/mol. The Morgan fingerprint density at radius 1 is 1.27 bits per heavy atom. The summed E-state index contributed by atoms with van der Waals surface area (Å²) >= 11 is 1.54. The van der Waals surface area contributed by atoms with Crippen molar-refractivity contribution in [2.24, 2.45) is 7.05 Å². The first kappa shape index (κ1) is 17.6. The molecule has 1 amide bonds. The number of nitriles is 1. The highest BCUT2D eigenvalue weighted by Crippen LogP contribution is 2.26. The fourth-order valence-electron chi connectivity index (χ4n) is 2.19. The van der Waals surface area contributed by atoms with Crippen molar-refractivity contribution < 1.29 is 9.53 Å². The van der Waals surface area contributed by atoms with E-state index in [1.807, 2.05) is 48.1 Å². The van der Waals surface area contributed by atoms with Gasteiger partial charge in [-0.3, -0.25) is 4.79 Å². The predicted octanol–water partition coefficient (Wildman–Crippen LogP) is 3.46. The molecule has 0 bridgehead atoms. The lowest BCUT2D eigenvalue weighted by Crippen LogP contribution is -2.20. The first-order valence-corrected chi connectivity index (χ1v) is 8.64. The molecule has 0 unspecified atom stereocenters. The maximum Gasteiger partial charge on any atom is 0.262 e. The van der Waals surface area contributed by atoms with Gasteiger partial charge < -0.3 is 14.6 Å². The van der Waals surface area contributed by atoms with Crippen LogP contribution in [0.15, 0.2) is 71.0 Å². The number of hydrogen-bond acceptors (Lipinski definition) is 5. The van der Waals surface area contributed by atoms with Gasteiger partial charge in [0.1, 0.15) is 11.8 Å². The molecule has 26 heavy (non-hydrogen) atoms. The van der Waals surface area contributed by atoms with Gasteiger partial charge in [-0.2, -0.15) is 5.26 Å². The quantitative estimate of drug-likeness (QED) is 0.724. The minimum absolute atomic E-state index is 0.164. The third-order valence-electron chi connectivity index (χ3n) is 3.49. The molecule has 0 radical (unpaired) electrons. The molecule has 6 nitrogen and oxygen atoms in total. The molecule has 0 atom stereocenters. The number of nitrogens with one attached hydrogen (secondary N) is 1. The number of aromatic nitrogens is 2. The minimum Gasteiger partial charge on any atom is -0.482 e. The summed E-state index contributed by atoms with van der Waals surface area (Å²) in [6.07, 6.45) is 3.64. The molecule has 1 N–H and O–H groups in total. The van der Waals surface area contributed by atoms with Crippen LogP contribution in [-0.4, -0.2) is 22.1 Å². The molecule has 130 valence electrons. The summed E-state index contributed by atoms with van der Waals surface area (Å²) in [6, 6.07) is 16.3. The molecule has 1 aromatic heterocycles. The number of imidazole rings is 1. The summed E-state index contributed by atoms with van der Waals surface area (Å²) in [5.41, 5.74) is 1.08. The first-order chi connectivity index (χ1) is 12.7. The Morgan fingerprint density at radius 2 is 2.04 bits per heavy atom. The molecule has 7 heteroatoms. The summed E-state index contributed by atoms with van der Waals surface area (Å²) in [5.74, 6) is 0.106. The van der Waals surface area contributed by atoms with E-state index in [0.29, 0.717) is 17.0 Å². The number of amides is 1. The zero-order chi connectivity index (χ0) is 18.4. The Hall–Kier alpha value is -3.24. The van der Waals surface area contributed by atoms with E-state index in [2.05, 4.69) is 10.3 Å². The monoisotopic (exact) mass is 364 g/mol. The molecule has 0 saturated carbocycles. The summed E-state index contributed by atoms with van der Waals surface area (Å²) in [4.78, 5) is 17.3. The molecule has 2 aromatic carbocycles. The van der Waals surface area contributed by atoms with Crippen LogP contribution in [0.4, 0.5) is 5.69 Å². The van der Waals surface area contributed by atoms with Crippen molar-refractivity contribution in [2.45, 2.75) is 10.1 Å². The van der Waals surface area contributed by atoms with Crippen LogP contribution >= 0.6 is 11.8 Å². The van der Waals surface area contributed by atoms with Crippen LogP contribution in [-0.2, 0) is 11.8 Å². The lowest BCUT2D eigenvalue weighted by atomic mass is 10.2. The number of ether oxygens (including phenoxy) is 1. The molecule has 1 heterocycles. The van der Waals surface area contributed by atoms with Crippen LogP contribution in [0.5, 0.6) is 5.75 Å². The van der Waals surface area contributed by atoms with Gasteiger partial charge in [-0.25, -0.2) is 4.98 Å². The summed E-state index contributed by atoms with van der Waals surface area (Å²) < 4.78 is 7.36. The van der Waals surface area contributed by atoms with Crippen LogP contribution in [0.1, 0.15) is 5.56 Å². The van der Waals surface area contributed by atoms with E-state index in [4.69, 9.17) is 10.00 Å². The third-order valence-corrected chi connectivity index (χ3v) is 4.57. The van der Waals surface area contributed by atoms with Gasteiger partial charge in [-0.15, -0.1) is 0 Å². The van der Waals surface area contributed by atoms with Crippen molar-refractivity contribution in [2.75, 3.05) is 11.9 Å². The second-order valence-electron chi connectivity index (χ2n) is 5.39. The SMILES string of the molecule is Cn1ccnc1Sc1ccc(NC(=O)COc2ccccc2C#N)cc1. The molecule has 0 aliphatic rings. The zero-order valence-electron chi connectivity index (χ0n) is 14.0. The summed E-state index contributed by atoms with van der Waals surface area (Å²) in [6.45, 7) is -0.164. The third kappa shape index (κ3) is 4.43. The number of aryl methyl sites for hydroxylation is 1. The number of anilines is 1. The highest BCUT2D eigenvalue weighted by atomic mass is 32.2. The molecule has 3 rings (SSSR count). The minimum atomic E-state index is -0.290. The van der Waals surface area contributed by atoms with Gasteiger partial charge in [0.2, 0.25) is 0 Å². The smallest absolute Gasteiger partial charge is 0.262 e. The van der Waals surface area contributed by atoms with E-state index in [0.717, 1.165) is 10.1 Å². The van der Waals surface area contributed by atoms with Crippen molar-refractivity contribution in [3.63, 3.8) is 0 Å². The lowest BCUT2D eigenvalue weighted by molar-refractivity contribution is -0.118. The molecule has 0 spiro atoms. The zero-order valence-corrected chi connectivity index (χ0v) is 14.9. The van der Waals surface area contributed by atoms with Crippen molar-refractivity contribution in [3.05, 3.63) is 66.5 Å². The fraction of sp³-hybridized carbons (Fsp3) is 0.105. The van der Waals surface area contributed by atoms with Gasteiger partial charge in [0.25, 0.3) is 5.91 Å². The molecule has 0 saturated heterocycles. The molecule has 0 aliphatic carbocycles. The molecular weight excluding hydrogens is 348 g/mol. The number of carbonyl (C=O) groups is 1. The van der Waals surface area contributed by atoms with Gasteiger partial charge in [0, 0.05) is 30.0 Å². The van der Waals surface area contributed by atoms with Gasteiger partial charge in [0.05, 0.1) is 5.56 Å². The fourth-order valence-corrected chi connectivity index (χ4v) is 2.99. The Bertz CT molecular complexity index is 945. The number of hydrogen-bond donors (Lipinski definition) is 1. The molecule has 3 aromatic rings. The largest absolute Gasteiger partial charge is 0.482 e. The standard InChI is InChI=1S/C19H16N4O2S/c1-23-11-10-21-19(23)26-16-8-6-15(7-9-16)22-18(24)13-25-17-5-3-2-4-14(17)12-20/h2-11H,13H2,1H3,(H,22,24). The summed E-state index contributed by atoms with van der Waals surface area (Å²) in [5, 5.41) is 12.7. The van der Waals surface area contributed by atoms with Crippen molar-refractivity contribution in [1.82, 2.24) is 9.55 Å². The van der Waals surface area contributed by atoms with E-state index >= 15 is 0 Å². The maximum absolute atomic E-state index is 12.0. The summed E-state index contributed by atoms with van der Waals surface area (Å²) in [7, 11) is 1.94. The number of nitrogens with zero attached hydrogens (tertiary/aromatic N) is 3. The number of para-hydroxylation sites is 1. The average Bonchev–Trinajstić information content (AvgIpc) is 3.06. The van der Waals surface area contributed by atoms with Crippen LogP contribution in [0.25, 0.3) is 0 Å². The van der Waals surface area contributed by atoms with Crippen LogP contribution in [0, 0.1) is 11.3 Å². The van der Waals surface area contributed by atoms with E-state index in [1.165, 1.54) is 0 Å². The molecular formula is C19H16N4O2S. The van der Waals surface area contributed by atoms with Crippen molar-refractivity contribution >= 4 is 23.4 Å². The van der Waals surface area contributed by atoms with Crippen LogP contribution in [0.3, 0.4) is 0 Å². The van der Waals surface area contributed by atoms with Crippen molar-refractivity contribution in [3.8, 4) is 11.8 Å². The van der Waals surface area contributed by atoms with Gasteiger partial charge >= 0.3 is 0 Å². The van der Waals surface area contributed by atoms with Crippen LogP contribution in [0.2, 0.25) is 0 Å². The average molecular weight is 364 g/mol. The number of rotatable bonds is 6. The van der Waals surface area contributed by atoms with Gasteiger partial charge in [0.15, 0.2) is 11.8 Å². The maximum atomic E-state index is 12.0. The number of benzene rings is 2. The first-order valence-electron chi connectivity index (χ1n) is 7.83. The molecule has 0 aliphatic heterocycles. The highest BCUT2D eigenvalue weighted by molar-refractivity contribution is 7.99. The van der Waals surface area contributed by atoms with E-state index in [1.54, 1.807) is 42.2 Å². The lowest BCUT2D eigenvalue weighted by Gasteiger charge is -2.09. The van der Waals surface area contributed by atoms with E-state index < -0.39 is 0 Å². The number of carbonyl (C=O) groups excluding carboxylic acids is 1. The Kier molecular flexibility index (Phi) is 5.56. The topological polar surface area (TPSA) is 79.9 Å². The normalized spacial score (nSPS) is 10.2. The molecule has 0 fully saturated rings. The van der Waals surface area contributed by atoms with Gasteiger partial charge in [-0.1, -0.05) is 23.9 Å². The van der Waals surface area contributed by atoms with Gasteiger partial charge in [-0.05, 0) is 36.4 Å².